The van der Waals surface area contributed by atoms with Crippen LogP contribution in [0.1, 0.15) is 24.2 Å². The van der Waals surface area contributed by atoms with Crippen LogP contribution < -0.4 is 0 Å². The topological polar surface area (TPSA) is 40.5 Å². The number of carbonyl (C=O) groups is 1. The molecule has 1 heterocycles. The minimum absolute atomic E-state index is 0.123. The summed E-state index contributed by atoms with van der Waals surface area (Å²) in [5, 5.41) is 9.20. The molecule has 3 nitrogen and oxygen atoms in total. The van der Waals surface area contributed by atoms with E-state index in [1.165, 1.54) is 0 Å². The first-order chi connectivity index (χ1) is 8.46. The molecule has 0 saturated carbocycles. The molecule has 4 heteroatoms. The van der Waals surface area contributed by atoms with Gasteiger partial charge in [0, 0.05) is 29.2 Å². The quantitative estimate of drug-likeness (QED) is 0.852. The molecule has 1 aliphatic heterocycles. The Bertz CT molecular complexity index is 428. The fourth-order valence-electron chi connectivity index (χ4n) is 2.19. The molecule has 0 spiro atoms. The van der Waals surface area contributed by atoms with Crippen LogP contribution in [0.3, 0.4) is 0 Å². The summed E-state index contributed by atoms with van der Waals surface area (Å²) in [6, 6.07) is 6.48. The van der Waals surface area contributed by atoms with Crippen molar-refractivity contribution in [3.63, 3.8) is 0 Å². The molecule has 0 atom stereocenters. The van der Waals surface area contributed by atoms with Gasteiger partial charge >= 0.3 is 0 Å². The fraction of sp³-hybridized carbons (Fsp3) is 0.500. The Balaban J connectivity index is 1.97. The van der Waals surface area contributed by atoms with E-state index in [2.05, 4.69) is 18.7 Å². The first kappa shape index (κ1) is 13.4. The van der Waals surface area contributed by atoms with Gasteiger partial charge in [0.25, 0.3) is 0 Å². The van der Waals surface area contributed by atoms with E-state index in [0.717, 1.165) is 18.8 Å². The van der Waals surface area contributed by atoms with Gasteiger partial charge in [-0.25, -0.2) is 0 Å². The van der Waals surface area contributed by atoms with Crippen LogP contribution in [0.4, 0.5) is 0 Å². The number of hydrogen-bond donors (Lipinski definition) is 1. The summed E-state index contributed by atoms with van der Waals surface area (Å²) in [6.07, 6.45) is 0. The highest BCUT2D eigenvalue weighted by Crippen LogP contribution is 2.29. The van der Waals surface area contributed by atoms with Crippen LogP contribution in [0.25, 0.3) is 0 Å². The molecule has 1 fully saturated rings. The number of phenolic OH excluding ortho intramolecular Hbond substituents is 1. The molecule has 0 radical (unpaired) electrons. The molecule has 0 aliphatic carbocycles. The summed E-state index contributed by atoms with van der Waals surface area (Å²) in [5.74, 6) is 1.40. The lowest BCUT2D eigenvalue weighted by Gasteiger charge is -2.37. The number of thioether (sulfide) groups is 1. The molecule has 0 aromatic heterocycles. The maximum atomic E-state index is 12.1. The van der Waals surface area contributed by atoms with Crippen molar-refractivity contribution < 1.29 is 9.90 Å². The van der Waals surface area contributed by atoms with E-state index >= 15 is 0 Å². The van der Waals surface area contributed by atoms with Gasteiger partial charge in [0.05, 0.1) is 6.54 Å². The van der Waals surface area contributed by atoms with E-state index in [9.17, 15) is 9.90 Å². The van der Waals surface area contributed by atoms with Gasteiger partial charge < -0.3 is 5.11 Å². The number of Topliss-reactive ketones (excluding diaryl/α,β-unsaturated/α-hetero) is 1. The maximum Gasteiger partial charge on any atom is 0.176 e. The second-order valence-corrected chi connectivity index (χ2v) is 7.09. The van der Waals surface area contributed by atoms with Gasteiger partial charge in [0.2, 0.25) is 0 Å². The van der Waals surface area contributed by atoms with Gasteiger partial charge in [-0.15, -0.1) is 0 Å². The second-order valence-electron chi connectivity index (χ2n) is 5.29. The van der Waals surface area contributed by atoms with Crippen LogP contribution in [-0.2, 0) is 0 Å². The zero-order valence-corrected chi connectivity index (χ0v) is 11.7. The molecule has 1 aliphatic rings. The highest BCUT2D eigenvalue weighted by atomic mass is 32.2. The molecule has 18 heavy (non-hydrogen) atoms. The molecule has 0 amide bonds. The summed E-state index contributed by atoms with van der Waals surface area (Å²) >= 11 is 1.96. The van der Waals surface area contributed by atoms with Gasteiger partial charge in [-0.2, -0.15) is 11.8 Å². The van der Waals surface area contributed by atoms with Gasteiger partial charge in [-0.3, -0.25) is 9.69 Å². The van der Waals surface area contributed by atoms with Crippen LogP contribution >= 0.6 is 11.8 Å². The summed E-state index contributed by atoms with van der Waals surface area (Å²) in [5.41, 5.74) is 0.670. The van der Waals surface area contributed by atoms with Crippen molar-refractivity contribution in [3.8, 4) is 5.75 Å². The van der Waals surface area contributed by atoms with Gasteiger partial charge in [-0.05, 0) is 38.1 Å². The van der Waals surface area contributed by atoms with E-state index in [4.69, 9.17) is 0 Å². The van der Waals surface area contributed by atoms with Crippen molar-refractivity contribution in [1.29, 1.82) is 0 Å². The summed E-state index contributed by atoms with van der Waals surface area (Å²) in [6.45, 7) is 6.82. The number of nitrogens with zero attached hydrogens (tertiary/aromatic N) is 1. The van der Waals surface area contributed by atoms with Crippen molar-refractivity contribution >= 4 is 17.5 Å². The smallest absolute Gasteiger partial charge is 0.176 e. The summed E-state index contributed by atoms with van der Waals surface area (Å²) < 4.78 is 0.230. The zero-order valence-electron chi connectivity index (χ0n) is 10.8. The highest BCUT2D eigenvalue weighted by Gasteiger charge is 2.27. The average Bonchev–Trinajstić information content (AvgIpc) is 2.28. The molecule has 2 rings (SSSR count). The molecule has 1 aromatic rings. The van der Waals surface area contributed by atoms with E-state index in [-0.39, 0.29) is 16.3 Å². The molecule has 1 N–H and O–H groups in total. The number of phenols is 1. The first-order valence-electron chi connectivity index (χ1n) is 6.15. The predicted octanol–water partition coefficient (Wildman–Crippen LogP) is 2.40. The Morgan fingerprint density at radius 3 is 2.67 bits per heavy atom. The van der Waals surface area contributed by atoms with Crippen molar-refractivity contribution in [2.45, 2.75) is 18.6 Å². The lowest BCUT2D eigenvalue weighted by molar-refractivity contribution is 0.0927. The molecule has 98 valence electrons. The fourth-order valence-corrected chi connectivity index (χ4v) is 3.37. The van der Waals surface area contributed by atoms with Crippen LogP contribution in [-0.4, -0.2) is 45.9 Å². The standard InChI is InChI=1S/C14H19NO2S/c1-14(2)10-15(7-8-18-14)9-13(17)11-3-5-12(16)6-4-11/h3-6,16H,7-10H2,1-2H3. The SMILES string of the molecule is CC1(C)CN(CC(=O)c2ccc(O)cc2)CCS1. The number of aromatic hydroxyl groups is 1. The zero-order chi connectivity index (χ0) is 13.2. The number of benzene rings is 1. The predicted molar refractivity (Wildman–Crippen MR) is 75.4 cm³/mol. The third-order valence-corrected chi connectivity index (χ3v) is 4.36. The highest BCUT2D eigenvalue weighted by molar-refractivity contribution is 8.00. The third kappa shape index (κ3) is 3.50. The molecule has 0 bridgehead atoms. The molecular weight excluding hydrogens is 246 g/mol. The second kappa shape index (κ2) is 5.33. The minimum Gasteiger partial charge on any atom is -0.508 e. The Hall–Kier alpha value is -1.00. The minimum atomic E-state index is 0.123. The molecule has 0 unspecified atom stereocenters. The Kier molecular flexibility index (Phi) is 3.97. The van der Waals surface area contributed by atoms with Crippen molar-refractivity contribution in [1.82, 2.24) is 4.90 Å². The Morgan fingerprint density at radius 1 is 1.39 bits per heavy atom. The maximum absolute atomic E-state index is 12.1. The normalized spacial score (nSPS) is 19.7. The molecule has 1 saturated heterocycles. The van der Waals surface area contributed by atoms with Crippen molar-refractivity contribution in [3.05, 3.63) is 29.8 Å². The number of carbonyl (C=O) groups excluding carboxylic acids is 1. The lowest BCUT2D eigenvalue weighted by Crippen LogP contribution is -2.45. The average molecular weight is 265 g/mol. The lowest BCUT2D eigenvalue weighted by atomic mass is 10.1. The number of hydrogen-bond acceptors (Lipinski definition) is 4. The van der Waals surface area contributed by atoms with Gasteiger partial charge in [0.1, 0.15) is 5.75 Å². The Morgan fingerprint density at radius 2 is 2.06 bits per heavy atom. The molecule has 1 aromatic carbocycles. The monoisotopic (exact) mass is 265 g/mol. The summed E-state index contributed by atoms with van der Waals surface area (Å²) in [4.78, 5) is 14.3. The largest absolute Gasteiger partial charge is 0.508 e. The van der Waals surface area contributed by atoms with E-state index in [1.807, 2.05) is 11.8 Å². The van der Waals surface area contributed by atoms with E-state index in [0.29, 0.717) is 12.1 Å². The van der Waals surface area contributed by atoms with Crippen molar-refractivity contribution in [2.24, 2.45) is 0 Å². The van der Waals surface area contributed by atoms with E-state index < -0.39 is 0 Å². The summed E-state index contributed by atoms with van der Waals surface area (Å²) in [7, 11) is 0. The van der Waals surface area contributed by atoms with Crippen LogP contribution in [0.5, 0.6) is 5.75 Å². The van der Waals surface area contributed by atoms with Crippen molar-refractivity contribution in [2.75, 3.05) is 25.4 Å². The van der Waals surface area contributed by atoms with Crippen LogP contribution in [0.2, 0.25) is 0 Å². The van der Waals surface area contributed by atoms with Crippen LogP contribution in [0, 0.1) is 0 Å². The third-order valence-electron chi connectivity index (χ3n) is 3.06. The first-order valence-corrected chi connectivity index (χ1v) is 7.13. The molecular formula is C14H19NO2S. The number of ketones is 1. The Labute approximate surface area is 112 Å². The van der Waals surface area contributed by atoms with Gasteiger partial charge in [-0.1, -0.05) is 0 Å². The van der Waals surface area contributed by atoms with E-state index in [1.54, 1.807) is 24.3 Å². The number of rotatable bonds is 3. The van der Waals surface area contributed by atoms with Gasteiger partial charge in [0.15, 0.2) is 5.78 Å². The van der Waals surface area contributed by atoms with Crippen LogP contribution in [0.15, 0.2) is 24.3 Å².